The van der Waals surface area contributed by atoms with E-state index in [1.54, 1.807) is 0 Å². The average Bonchev–Trinajstić information content (AvgIpc) is 2.17. The molecule has 0 unspecified atom stereocenters. The van der Waals surface area contributed by atoms with E-state index in [-0.39, 0.29) is 12.3 Å². The summed E-state index contributed by atoms with van der Waals surface area (Å²) in [6.45, 7) is -0.235. The fourth-order valence-corrected chi connectivity index (χ4v) is 1.72. The Morgan fingerprint density at radius 1 is 1.44 bits per heavy atom. The van der Waals surface area contributed by atoms with Gasteiger partial charge in [0.25, 0.3) is 0 Å². The van der Waals surface area contributed by atoms with E-state index in [1.165, 1.54) is 25.3 Å². The normalized spacial score (nSPS) is 11.1. The zero-order valence-electron chi connectivity index (χ0n) is 8.44. The highest BCUT2D eigenvalue weighted by molar-refractivity contribution is 7.86. The van der Waals surface area contributed by atoms with Gasteiger partial charge >= 0.3 is 10.2 Å². The van der Waals surface area contributed by atoms with Crippen molar-refractivity contribution in [1.82, 2.24) is 0 Å². The standard InChI is InChI=1S/C9H10FNO4S/c1-15-6-9(12)11-7-4-2-3-5-8(7)16(10,13)14/h2-5H,6H2,1H3,(H,11,12). The lowest BCUT2D eigenvalue weighted by Crippen LogP contribution is -2.18. The maximum absolute atomic E-state index is 12.8. The van der Waals surface area contributed by atoms with Gasteiger partial charge in [-0.3, -0.25) is 4.79 Å². The monoisotopic (exact) mass is 247 g/mol. The van der Waals surface area contributed by atoms with Crippen molar-refractivity contribution in [2.45, 2.75) is 4.90 Å². The van der Waals surface area contributed by atoms with E-state index in [2.05, 4.69) is 10.1 Å². The first-order chi connectivity index (χ1) is 7.45. The van der Waals surface area contributed by atoms with Gasteiger partial charge in [0.15, 0.2) is 0 Å². The molecule has 88 valence electrons. The Labute approximate surface area is 92.4 Å². The lowest BCUT2D eigenvalue weighted by molar-refractivity contribution is -0.119. The van der Waals surface area contributed by atoms with Gasteiger partial charge in [-0.2, -0.15) is 8.42 Å². The number of benzene rings is 1. The molecule has 0 aliphatic heterocycles. The Kier molecular flexibility index (Phi) is 3.97. The third-order valence-electron chi connectivity index (χ3n) is 1.70. The van der Waals surface area contributed by atoms with Crippen LogP contribution in [0.2, 0.25) is 0 Å². The summed E-state index contributed by atoms with van der Waals surface area (Å²) in [5.41, 5.74) is -0.105. The number of amides is 1. The first-order valence-electron chi connectivity index (χ1n) is 4.27. The van der Waals surface area contributed by atoms with Gasteiger partial charge < -0.3 is 10.1 Å². The number of nitrogens with one attached hydrogen (secondary N) is 1. The second-order valence-electron chi connectivity index (χ2n) is 2.92. The van der Waals surface area contributed by atoms with Crippen LogP contribution in [0.3, 0.4) is 0 Å². The van der Waals surface area contributed by atoms with Crippen molar-refractivity contribution in [1.29, 1.82) is 0 Å². The number of rotatable bonds is 4. The number of carbonyl (C=O) groups excluding carboxylic acids is 1. The molecule has 1 rings (SSSR count). The Morgan fingerprint density at radius 2 is 2.06 bits per heavy atom. The number of methoxy groups -OCH3 is 1. The maximum atomic E-state index is 12.8. The second kappa shape index (κ2) is 5.04. The molecular formula is C9H10FNO4S. The number of hydrogen-bond donors (Lipinski definition) is 1. The van der Waals surface area contributed by atoms with Gasteiger partial charge in [0, 0.05) is 7.11 Å². The van der Waals surface area contributed by atoms with Crippen LogP contribution in [0.4, 0.5) is 9.57 Å². The number of ether oxygens (including phenoxy) is 1. The van der Waals surface area contributed by atoms with E-state index in [1.807, 2.05) is 0 Å². The highest BCUT2D eigenvalue weighted by atomic mass is 32.3. The molecule has 1 aromatic rings. The SMILES string of the molecule is COCC(=O)Nc1ccccc1S(=O)(=O)F. The molecule has 0 spiro atoms. The Bertz CT molecular complexity index is 486. The minimum Gasteiger partial charge on any atom is -0.375 e. The molecule has 5 nitrogen and oxygen atoms in total. The zero-order chi connectivity index (χ0) is 12.2. The molecule has 0 aromatic heterocycles. The van der Waals surface area contributed by atoms with Crippen LogP contribution in [0.15, 0.2) is 29.2 Å². The van der Waals surface area contributed by atoms with Gasteiger partial charge in [0.1, 0.15) is 11.5 Å². The Hall–Kier alpha value is -1.47. The molecule has 0 atom stereocenters. The van der Waals surface area contributed by atoms with Gasteiger partial charge in [0.2, 0.25) is 5.91 Å². The van der Waals surface area contributed by atoms with Crippen molar-refractivity contribution in [3.63, 3.8) is 0 Å². The molecule has 0 aliphatic carbocycles. The average molecular weight is 247 g/mol. The van der Waals surface area contributed by atoms with Crippen LogP contribution in [0, 0.1) is 0 Å². The van der Waals surface area contributed by atoms with Crippen molar-refractivity contribution < 1.29 is 21.8 Å². The van der Waals surface area contributed by atoms with Crippen molar-refractivity contribution in [3.05, 3.63) is 24.3 Å². The van der Waals surface area contributed by atoms with E-state index < -0.39 is 21.0 Å². The summed E-state index contributed by atoms with van der Waals surface area (Å²) < 4.78 is 38.8. The Morgan fingerprint density at radius 3 is 2.62 bits per heavy atom. The largest absolute Gasteiger partial charge is 0.375 e. The molecule has 16 heavy (non-hydrogen) atoms. The predicted octanol–water partition coefficient (Wildman–Crippen LogP) is 0.930. The van der Waals surface area contributed by atoms with Gasteiger partial charge in [-0.05, 0) is 12.1 Å². The van der Waals surface area contributed by atoms with Crippen molar-refractivity contribution >= 4 is 21.8 Å². The van der Waals surface area contributed by atoms with E-state index >= 15 is 0 Å². The molecule has 0 radical (unpaired) electrons. The summed E-state index contributed by atoms with van der Waals surface area (Å²) in [5, 5.41) is 2.23. The first-order valence-corrected chi connectivity index (χ1v) is 5.66. The fourth-order valence-electron chi connectivity index (χ4n) is 1.10. The fraction of sp³-hybridized carbons (Fsp3) is 0.222. The van der Waals surface area contributed by atoms with Crippen LogP contribution >= 0.6 is 0 Å². The molecule has 0 aliphatic rings. The highest BCUT2D eigenvalue weighted by Gasteiger charge is 2.17. The molecular weight excluding hydrogens is 237 g/mol. The molecule has 1 N–H and O–H groups in total. The van der Waals surface area contributed by atoms with Crippen LogP contribution in [0.1, 0.15) is 0 Å². The van der Waals surface area contributed by atoms with Crippen LogP contribution < -0.4 is 5.32 Å². The number of carbonyl (C=O) groups is 1. The van der Waals surface area contributed by atoms with Gasteiger partial charge in [0.05, 0.1) is 5.69 Å². The molecule has 0 heterocycles. The highest BCUT2D eigenvalue weighted by Crippen LogP contribution is 2.22. The maximum Gasteiger partial charge on any atom is 0.334 e. The number of para-hydroxylation sites is 1. The third-order valence-corrected chi connectivity index (χ3v) is 2.58. The smallest absolute Gasteiger partial charge is 0.334 e. The lowest BCUT2D eigenvalue weighted by Gasteiger charge is -2.07. The second-order valence-corrected chi connectivity index (χ2v) is 4.23. The van der Waals surface area contributed by atoms with Crippen molar-refractivity contribution in [2.24, 2.45) is 0 Å². The topological polar surface area (TPSA) is 72.5 Å². The number of anilines is 1. The molecule has 1 aromatic carbocycles. The van der Waals surface area contributed by atoms with Gasteiger partial charge in [-0.15, -0.1) is 3.89 Å². The zero-order valence-corrected chi connectivity index (χ0v) is 9.25. The predicted molar refractivity (Wildman–Crippen MR) is 55.2 cm³/mol. The van der Waals surface area contributed by atoms with E-state index in [0.29, 0.717) is 0 Å². The third kappa shape index (κ3) is 3.28. The molecule has 7 heteroatoms. The Balaban J connectivity index is 3.01. The van der Waals surface area contributed by atoms with Crippen LogP contribution in [0.25, 0.3) is 0 Å². The minimum atomic E-state index is -4.85. The van der Waals surface area contributed by atoms with E-state index in [4.69, 9.17) is 0 Å². The molecule has 0 saturated heterocycles. The van der Waals surface area contributed by atoms with Gasteiger partial charge in [-0.25, -0.2) is 0 Å². The van der Waals surface area contributed by atoms with Crippen molar-refractivity contribution in [3.8, 4) is 0 Å². The molecule has 0 fully saturated rings. The summed E-state index contributed by atoms with van der Waals surface area (Å²) in [7, 11) is -3.53. The van der Waals surface area contributed by atoms with Gasteiger partial charge in [-0.1, -0.05) is 12.1 Å². The quantitative estimate of drug-likeness (QED) is 0.803. The van der Waals surface area contributed by atoms with E-state index in [9.17, 15) is 17.1 Å². The van der Waals surface area contributed by atoms with E-state index in [0.717, 1.165) is 6.07 Å². The van der Waals surface area contributed by atoms with Crippen molar-refractivity contribution in [2.75, 3.05) is 19.0 Å². The molecule has 0 bridgehead atoms. The number of halogens is 1. The first kappa shape index (κ1) is 12.6. The summed E-state index contributed by atoms with van der Waals surface area (Å²) in [4.78, 5) is 10.6. The summed E-state index contributed by atoms with van der Waals surface area (Å²) >= 11 is 0. The van der Waals surface area contributed by atoms with Crippen LogP contribution in [-0.2, 0) is 19.8 Å². The lowest BCUT2D eigenvalue weighted by atomic mass is 10.3. The summed E-state index contributed by atoms with van der Waals surface area (Å²) in [6.07, 6.45) is 0. The summed E-state index contributed by atoms with van der Waals surface area (Å²) in [6, 6.07) is 5.20. The summed E-state index contributed by atoms with van der Waals surface area (Å²) in [5.74, 6) is -0.557. The van der Waals surface area contributed by atoms with Crippen LogP contribution in [-0.4, -0.2) is 28.0 Å². The molecule has 1 amide bonds. The molecule has 0 saturated carbocycles. The number of hydrogen-bond acceptors (Lipinski definition) is 4. The minimum absolute atomic E-state index is 0.105. The van der Waals surface area contributed by atoms with Crippen LogP contribution in [0.5, 0.6) is 0 Å².